The van der Waals surface area contributed by atoms with E-state index in [4.69, 9.17) is 0 Å². The molecule has 0 saturated carbocycles. The Balaban J connectivity index is 1.76. The molecule has 0 unspecified atom stereocenters. The van der Waals surface area contributed by atoms with E-state index in [0.29, 0.717) is 5.13 Å². The van der Waals surface area contributed by atoms with Gasteiger partial charge < -0.3 is 10.2 Å². The van der Waals surface area contributed by atoms with Crippen molar-refractivity contribution in [1.82, 2.24) is 10.3 Å². The lowest BCUT2D eigenvalue weighted by Gasteiger charge is -2.29. The van der Waals surface area contributed by atoms with Crippen molar-refractivity contribution in [3.8, 4) is 0 Å². The van der Waals surface area contributed by atoms with Gasteiger partial charge in [-0.2, -0.15) is 0 Å². The second kappa shape index (κ2) is 6.00. The minimum absolute atomic E-state index is 0.247. The van der Waals surface area contributed by atoms with Gasteiger partial charge in [-0.05, 0) is 24.3 Å². The van der Waals surface area contributed by atoms with Crippen molar-refractivity contribution in [2.75, 3.05) is 35.8 Å². The predicted octanol–water partition coefficient (Wildman–Crippen LogP) is 1.35. The van der Waals surface area contributed by atoms with Crippen LogP contribution in [0.4, 0.5) is 10.8 Å². The van der Waals surface area contributed by atoms with E-state index in [1.165, 1.54) is 11.3 Å². The maximum absolute atomic E-state index is 12.2. The number of benzene rings is 1. The minimum atomic E-state index is -3.56. The monoisotopic (exact) mass is 324 g/mol. The molecule has 112 valence electrons. The van der Waals surface area contributed by atoms with Crippen molar-refractivity contribution >= 4 is 32.2 Å². The Morgan fingerprint density at radius 1 is 1.19 bits per heavy atom. The van der Waals surface area contributed by atoms with Crippen molar-refractivity contribution in [3.63, 3.8) is 0 Å². The molecule has 0 spiro atoms. The van der Waals surface area contributed by atoms with E-state index in [-0.39, 0.29) is 4.90 Å². The van der Waals surface area contributed by atoms with Crippen LogP contribution in [0.1, 0.15) is 0 Å². The third-order valence-corrected chi connectivity index (χ3v) is 5.46. The van der Waals surface area contributed by atoms with Crippen LogP contribution >= 0.6 is 11.3 Å². The minimum Gasteiger partial charge on any atom is -0.369 e. The average molecular weight is 324 g/mol. The summed E-state index contributed by atoms with van der Waals surface area (Å²) in [4.78, 5) is 6.42. The maximum atomic E-state index is 12.2. The van der Waals surface area contributed by atoms with E-state index in [9.17, 15) is 8.42 Å². The zero-order valence-corrected chi connectivity index (χ0v) is 13.0. The number of hydrogen-bond acceptors (Lipinski definition) is 6. The van der Waals surface area contributed by atoms with Crippen LogP contribution in [0, 0.1) is 0 Å². The summed E-state index contributed by atoms with van der Waals surface area (Å²) in [6.07, 6.45) is 1.57. The summed E-state index contributed by atoms with van der Waals surface area (Å²) in [5, 5.41) is 5.40. The van der Waals surface area contributed by atoms with Crippen LogP contribution in [-0.2, 0) is 10.0 Å². The number of thiazole rings is 1. The third-order valence-electron chi connectivity index (χ3n) is 3.28. The number of rotatable bonds is 4. The number of piperazine rings is 1. The van der Waals surface area contributed by atoms with E-state index >= 15 is 0 Å². The third kappa shape index (κ3) is 3.34. The van der Waals surface area contributed by atoms with Gasteiger partial charge >= 0.3 is 0 Å². The summed E-state index contributed by atoms with van der Waals surface area (Å²) in [7, 11) is -3.56. The lowest BCUT2D eigenvalue weighted by molar-refractivity contribution is 0.589. The summed E-state index contributed by atoms with van der Waals surface area (Å²) < 4.78 is 26.9. The van der Waals surface area contributed by atoms with E-state index < -0.39 is 10.0 Å². The van der Waals surface area contributed by atoms with E-state index in [2.05, 4.69) is 19.9 Å². The van der Waals surface area contributed by atoms with Gasteiger partial charge in [0.1, 0.15) is 0 Å². The number of aromatic nitrogens is 1. The highest BCUT2D eigenvalue weighted by molar-refractivity contribution is 7.93. The van der Waals surface area contributed by atoms with Gasteiger partial charge in [0, 0.05) is 43.4 Å². The molecule has 8 heteroatoms. The topological polar surface area (TPSA) is 74.3 Å². The van der Waals surface area contributed by atoms with Gasteiger partial charge in [-0.3, -0.25) is 4.72 Å². The fourth-order valence-corrected chi connectivity index (χ4v) is 4.00. The molecule has 0 aliphatic carbocycles. The Morgan fingerprint density at radius 3 is 2.52 bits per heavy atom. The highest BCUT2D eigenvalue weighted by Gasteiger charge is 2.16. The molecule has 1 aromatic heterocycles. The standard InChI is InChI=1S/C13H16N4O2S2/c18-21(19,16-13-15-7-10-20-13)12-3-1-11(2-4-12)17-8-5-14-6-9-17/h1-4,7,10,14H,5-6,8-9H2,(H,15,16). The molecule has 0 bridgehead atoms. The first kappa shape index (κ1) is 14.3. The highest BCUT2D eigenvalue weighted by Crippen LogP contribution is 2.21. The first-order valence-corrected chi connectivity index (χ1v) is 8.99. The van der Waals surface area contributed by atoms with Gasteiger partial charge in [0.15, 0.2) is 5.13 Å². The summed E-state index contributed by atoms with van der Waals surface area (Å²) in [5.74, 6) is 0. The first-order chi connectivity index (χ1) is 10.1. The molecule has 0 amide bonds. The molecule has 0 atom stereocenters. The zero-order chi connectivity index (χ0) is 14.7. The van der Waals surface area contributed by atoms with Gasteiger partial charge in [-0.1, -0.05) is 0 Å². The van der Waals surface area contributed by atoms with Gasteiger partial charge in [0.2, 0.25) is 0 Å². The van der Waals surface area contributed by atoms with E-state index in [0.717, 1.165) is 31.9 Å². The number of sulfonamides is 1. The van der Waals surface area contributed by atoms with Crippen LogP contribution in [-0.4, -0.2) is 39.6 Å². The van der Waals surface area contributed by atoms with Gasteiger partial charge in [-0.15, -0.1) is 11.3 Å². The second-order valence-electron chi connectivity index (χ2n) is 4.67. The summed E-state index contributed by atoms with van der Waals surface area (Å²) in [5.41, 5.74) is 1.05. The Kier molecular flexibility index (Phi) is 4.09. The highest BCUT2D eigenvalue weighted by atomic mass is 32.2. The largest absolute Gasteiger partial charge is 0.369 e. The Labute approximate surface area is 127 Å². The number of nitrogens with zero attached hydrogens (tertiary/aromatic N) is 2. The number of anilines is 2. The van der Waals surface area contributed by atoms with Crippen molar-refractivity contribution in [2.45, 2.75) is 4.90 Å². The van der Waals surface area contributed by atoms with Crippen LogP contribution in [0.15, 0.2) is 40.7 Å². The Morgan fingerprint density at radius 2 is 1.90 bits per heavy atom. The molecule has 1 aliphatic heterocycles. The molecular weight excluding hydrogens is 308 g/mol. The Bertz CT molecular complexity index is 677. The molecule has 21 heavy (non-hydrogen) atoms. The van der Waals surface area contributed by atoms with Crippen LogP contribution in [0.3, 0.4) is 0 Å². The van der Waals surface area contributed by atoms with E-state index in [1.807, 2.05) is 12.1 Å². The molecule has 1 fully saturated rings. The smallest absolute Gasteiger partial charge is 0.263 e. The molecule has 1 aromatic carbocycles. The van der Waals surface area contributed by atoms with Crippen LogP contribution in [0.25, 0.3) is 0 Å². The van der Waals surface area contributed by atoms with E-state index in [1.54, 1.807) is 23.7 Å². The molecule has 1 aliphatic rings. The average Bonchev–Trinajstić information content (AvgIpc) is 3.00. The summed E-state index contributed by atoms with van der Waals surface area (Å²) in [6, 6.07) is 6.96. The van der Waals surface area contributed by atoms with Gasteiger partial charge in [0.05, 0.1) is 4.90 Å². The van der Waals surface area contributed by atoms with Crippen molar-refractivity contribution in [1.29, 1.82) is 0 Å². The second-order valence-corrected chi connectivity index (χ2v) is 7.25. The molecule has 6 nitrogen and oxygen atoms in total. The van der Waals surface area contributed by atoms with Crippen molar-refractivity contribution < 1.29 is 8.42 Å². The fourth-order valence-electron chi connectivity index (χ4n) is 2.21. The fraction of sp³-hybridized carbons (Fsp3) is 0.308. The molecular formula is C13H16N4O2S2. The normalized spacial score (nSPS) is 15.9. The molecule has 2 N–H and O–H groups in total. The molecule has 2 heterocycles. The van der Waals surface area contributed by atoms with Crippen LogP contribution in [0.2, 0.25) is 0 Å². The summed E-state index contributed by atoms with van der Waals surface area (Å²) >= 11 is 1.25. The van der Waals surface area contributed by atoms with Crippen molar-refractivity contribution in [3.05, 3.63) is 35.8 Å². The predicted molar refractivity (Wildman–Crippen MR) is 84.4 cm³/mol. The molecule has 3 rings (SSSR count). The quantitative estimate of drug-likeness (QED) is 0.888. The zero-order valence-electron chi connectivity index (χ0n) is 11.3. The van der Waals surface area contributed by atoms with Crippen LogP contribution in [0.5, 0.6) is 0 Å². The molecule has 1 saturated heterocycles. The SMILES string of the molecule is O=S(=O)(Nc1nccs1)c1ccc(N2CCNCC2)cc1. The number of nitrogens with one attached hydrogen (secondary N) is 2. The van der Waals surface area contributed by atoms with Gasteiger partial charge in [0.25, 0.3) is 10.0 Å². The number of hydrogen-bond donors (Lipinski definition) is 2. The summed E-state index contributed by atoms with van der Waals surface area (Å²) in [6.45, 7) is 3.77. The molecule has 0 radical (unpaired) electrons. The van der Waals surface area contributed by atoms with Crippen molar-refractivity contribution in [2.24, 2.45) is 0 Å². The maximum Gasteiger partial charge on any atom is 0.263 e. The Hall–Kier alpha value is -1.64. The molecule has 2 aromatic rings. The van der Waals surface area contributed by atoms with Crippen LogP contribution < -0.4 is 14.9 Å². The van der Waals surface area contributed by atoms with Gasteiger partial charge in [-0.25, -0.2) is 13.4 Å². The first-order valence-electron chi connectivity index (χ1n) is 6.63. The lowest BCUT2D eigenvalue weighted by atomic mass is 10.2. The lowest BCUT2D eigenvalue weighted by Crippen LogP contribution is -2.43.